The molecule has 3 rings (SSSR count). The molecule has 32 heavy (non-hydrogen) atoms. The lowest BCUT2D eigenvalue weighted by Crippen LogP contribution is -2.40. The second-order valence-electron chi connectivity index (χ2n) is 7.99. The summed E-state index contributed by atoms with van der Waals surface area (Å²) in [6, 6.07) is 10.9. The van der Waals surface area contributed by atoms with Gasteiger partial charge < -0.3 is 24.4 Å². The van der Waals surface area contributed by atoms with Crippen molar-refractivity contribution < 1.29 is 23.8 Å². The van der Waals surface area contributed by atoms with Gasteiger partial charge in [-0.3, -0.25) is 9.69 Å². The van der Waals surface area contributed by atoms with Crippen LogP contribution < -0.4 is 24.4 Å². The Morgan fingerprint density at radius 1 is 1.06 bits per heavy atom. The third-order valence-electron chi connectivity index (χ3n) is 5.37. The van der Waals surface area contributed by atoms with E-state index in [4.69, 9.17) is 14.2 Å². The van der Waals surface area contributed by atoms with Gasteiger partial charge in [0, 0.05) is 31.9 Å². The van der Waals surface area contributed by atoms with Gasteiger partial charge in [-0.2, -0.15) is 0 Å². The zero-order chi connectivity index (χ0) is 23.3. The van der Waals surface area contributed by atoms with Crippen molar-refractivity contribution in [1.29, 1.82) is 0 Å². The van der Waals surface area contributed by atoms with E-state index in [0.29, 0.717) is 30.3 Å². The van der Waals surface area contributed by atoms with Gasteiger partial charge in [0.15, 0.2) is 18.1 Å². The van der Waals surface area contributed by atoms with Crippen LogP contribution in [0.1, 0.15) is 25.0 Å². The van der Waals surface area contributed by atoms with Gasteiger partial charge in [0.05, 0.1) is 14.2 Å². The number of nitrogens with one attached hydrogen (secondary N) is 1. The minimum Gasteiger partial charge on any atom is -0.493 e. The highest BCUT2D eigenvalue weighted by molar-refractivity contribution is 5.91. The molecule has 8 heteroatoms. The van der Waals surface area contributed by atoms with Crippen LogP contribution in [0.4, 0.5) is 10.5 Å². The van der Waals surface area contributed by atoms with E-state index in [2.05, 4.69) is 5.32 Å². The summed E-state index contributed by atoms with van der Waals surface area (Å²) in [6.45, 7) is 4.90. The van der Waals surface area contributed by atoms with Crippen LogP contribution in [-0.4, -0.2) is 57.3 Å². The standard InChI is InChI=1S/C24H31N3O5/c1-16(2)25-24(29)26(3)19-6-8-20(9-7-19)32-15-23(28)27-11-10-17-12-21(30-4)22(31-5)13-18(17)14-27/h6-9,12-13,16H,10-11,14-15H2,1-5H3,(H,25,29). The first-order valence-corrected chi connectivity index (χ1v) is 10.6. The van der Waals surface area contributed by atoms with Gasteiger partial charge in [-0.1, -0.05) is 0 Å². The smallest absolute Gasteiger partial charge is 0.321 e. The van der Waals surface area contributed by atoms with Gasteiger partial charge in [0.2, 0.25) is 0 Å². The highest BCUT2D eigenvalue weighted by Gasteiger charge is 2.23. The van der Waals surface area contributed by atoms with Gasteiger partial charge in [-0.15, -0.1) is 0 Å². The third-order valence-corrected chi connectivity index (χ3v) is 5.37. The summed E-state index contributed by atoms with van der Waals surface area (Å²) in [4.78, 5) is 28.1. The van der Waals surface area contributed by atoms with Gasteiger partial charge in [0.1, 0.15) is 5.75 Å². The summed E-state index contributed by atoms with van der Waals surface area (Å²) in [5.41, 5.74) is 2.95. The number of hydrogen-bond acceptors (Lipinski definition) is 5. The van der Waals surface area contributed by atoms with Gasteiger partial charge in [-0.25, -0.2) is 4.79 Å². The van der Waals surface area contributed by atoms with Crippen LogP contribution in [0.5, 0.6) is 17.2 Å². The molecule has 0 bridgehead atoms. The lowest BCUT2D eigenvalue weighted by molar-refractivity contribution is -0.134. The van der Waals surface area contributed by atoms with Crippen molar-refractivity contribution in [2.24, 2.45) is 0 Å². The van der Waals surface area contributed by atoms with Crippen LogP contribution in [0.15, 0.2) is 36.4 Å². The number of fused-ring (bicyclic) bond motifs is 1. The first-order valence-electron chi connectivity index (χ1n) is 10.6. The van der Waals surface area contributed by atoms with Crippen molar-refractivity contribution in [3.8, 4) is 17.2 Å². The zero-order valence-electron chi connectivity index (χ0n) is 19.3. The van der Waals surface area contributed by atoms with E-state index >= 15 is 0 Å². The zero-order valence-corrected chi connectivity index (χ0v) is 19.3. The highest BCUT2D eigenvalue weighted by atomic mass is 16.5. The monoisotopic (exact) mass is 441 g/mol. The molecule has 2 aromatic rings. The number of amides is 3. The maximum atomic E-state index is 12.7. The largest absolute Gasteiger partial charge is 0.493 e. The minimum atomic E-state index is -0.177. The SMILES string of the molecule is COc1cc2c(cc1OC)CN(C(=O)COc1ccc(N(C)C(=O)NC(C)C)cc1)CC2. The molecule has 3 amide bonds. The Hall–Kier alpha value is -3.42. The van der Waals surface area contributed by atoms with Crippen LogP contribution in [0.3, 0.4) is 0 Å². The van der Waals surface area contributed by atoms with E-state index in [9.17, 15) is 9.59 Å². The number of urea groups is 1. The summed E-state index contributed by atoms with van der Waals surface area (Å²) < 4.78 is 16.4. The molecule has 0 aliphatic carbocycles. The lowest BCUT2D eigenvalue weighted by atomic mass is 9.99. The molecule has 172 valence electrons. The van der Waals surface area contributed by atoms with Gasteiger partial charge >= 0.3 is 6.03 Å². The number of ether oxygens (including phenoxy) is 3. The summed E-state index contributed by atoms with van der Waals surface area (Å²) in [6.07, 6.45) is 0.751. The van der Waals surface area contributed by atoms with Crippen molar-refractivity contribution in [3.63, 3.8) is 0 Å². The number of benzene rings is 2. The van der Waals surface area contributed by atoms with Crippen molar-refractivity contribution >= 4 is 17.6 Å². The van der Waals surface area contributed by atoms with Crippen LogP contribution >= 0.6 is 0 Å². The fourth-order valence-corrected chi connectivity index (χ4v) is 3.56. The fourth-order valence-electron chi connectivity index (χ4n) is 3.56. The molecule has 1 aliphatic rings. The molecule has 0 aromatic heterocycles. The number of hydrogen-bond donors (Lipinski definition) is 1. The Morgan fingerprint density at radius 3 is 2.28 bits per heavy atom. The lowest BCUT2D eigenvalue weighted by Gasteiger charge is -2.29. The van der Waals surface area contributed by atoms with Gasteiger partial charge in [-0.05, 0) is 67.8 Å². The number of rotatable bonds is 7. The summed E-state index contributed by atoms with van der Waals surface area (Å²) in [7, 11) is 4.92. The first kappa shape index (κ1) is 23.2. The van der Waals surface area contributed by atoms with Crippen LogP contribution in [0.2, 0.25) is 0 Å². The molecule has 0 unspecified atom stereocenters. The fraction of sp³-hybridized carbons (Fsp3) is 0.417. The summed E-state index contributed by atoms with van der Waals surface area (Å²) in [5.74, 6) is 1.85. The Labute approximate surface area is 189 Å². The second-order valence-corrected chi connectivity index (χ2v) is 7.99. The summed E-state index contributed by atoms with van der Waals surface area (Å²) >= 11 is 0. The molecule has 0 fully saturated rings. The van der Waals surface area contributed by atoms with Crippen molar-refractivity contribution in [1.82, 2.24) is 10.2 Å². The van der Waals surface area contributed by atoms with E-state index in [0.717, 1.165) is 23.2 Å². The third kappa shape index (κ3) is 5.43. The number of methoxy groups -OCH3 is 2. The highest BCUT2D eigenvalue weighted by Crippen LogP contribution is 2.33. The Balaban J connectivity index is 1.56. The Bertz CT molecular complexity index is 959. The molecule has 8 nitrogen and oxygen atoms in total. The molecule has 0 spiro atoms. The van der Waals surface area contributed by atoms with Gasteiger partial charge in [0.25, 0.3) is 5.91 Å². The number of nitrogens with zero attached hydrogens (tertiary/aromatic N) is 2. The Kier molecular flexibility index (Phi) is 7.45. The molecule has 0 atom stereocenters. The van der Waals surface area contributed by atoms with Crippen molar-refractivity contribution in [2.75, 3.05) is 39.3 Å². The quantitative estimate of drug-likeness (QED) is 0.714. The molecular formula is C24H31N3O5. The molecule has 1 aliphatic heterocycles. The minimum absolute atomic E-state index is 0.0500. The molecule has 0 saturated carbocycles. The average molecular weight is 442 g/mol. The number of anilines is 1. The maximum absolute atomic E-state index is 12.7. The van der Waals surface area contributed by atoms with E-state index in [1.807, 2.05) is 26.0 Å². The predicted molar refractivity (Wildman–Crippen MR) is 123 cm³/mol. The number of carbonyl (C=O) groups is 2. The van der Waals surface area contributed by atoms with E-state index in [-0.39, 0.29) is 24.6 Å². The molecule has 0 radical (unpaired) electrons. The molecule has 0 saturated heterocycles. The molecule has 2 aromatic carbocycles. The van der Waals surface area contributed by atoms with Crippen molar-refractivity contribution in [3.05, 3.63) is 47.5 Å². The van der Waals surface area contributed by atoms with E-state index in [1.54, 1.807) is 50.4 Å². The normalized spacial score (nSPS) is 12.8. The molecular weight excluding hydrogens is 410 g/mol. The van der Waals surface area contributed by atoms with Crippen LogP contribution in [-0.2, 0) is 17.8 Å². The Morgan fingerprint density at radius 2 is 1.69 bits per heavy atom. The predicted octanol–water partition coefficient (Wildman–Crippen LogP) is 3.22. The second kappa shape index (κ2) is 10.3. The summed E-state index contributed by atoms with van der Waals surface area (Å²) in [5, 5.41) is 2.84. The first-order chi connectivity index (χ1) is 15.3. The van der Waals surface area contributed by atoms with Crippen molar-refractivity contribution in [2.45, 2.75) is 32.9 Å². The van der Waals surface area contributed by atoms with E-state index < -0.39 is 0 Å². The maximum Gasteiger partial charge on any atom is 0.321 e. The topological polar surface area (TPSA) is 80.3 Å². The van der Waals surface area contributed by atoms with Crippen LogP contribution in [0, 0.1) is 0 Å². The average Bonchev–Trinajstić information content (AvgIpc) is 2.80. The molecule has 1 heterocycles. The molecule has 1 N–H and O–H groups in total. The van der Waals surface area contributed by atoms with E-state index in [1.165, 1.54) is 4.90 Å². The number of carbonyl (C=O) groups excluding carboxylic acids is 2. The van der Waals surface area contributed by atoms with Crippen LogP contribution in [0.25, 0.3) is 0 Å².